The van der Waals surface area contributed by atoms with Crippen molar-refractivity contribution in [2.45, 2.75) is 52.4 Å². The monoisotopic (exact) mass is 247 g/mol. The predicted octanol–water partition coefficient (Wildman–Crippen LogP) is 2.53. The number of hydrogen-bond donors (Lipinski definition) is 1. The Hall–Kier alpha value is -0.0900. The molecular weight excluding hydrogens is 222 g/mol. The number of sulfonamides is 1. The van der Waals surface area contributed by atoms with Gasteiger partial charge >= 0.3 is 0 Å². The average molecular weight is 247 g/mol. The average Bonchev–Trinajstić information content (AvgIpc) is 2.20. The molecule has 3 nitrogen and oxygen atoms in total. The van der Waals surface area contributed by atoms with Crippen molar-refractivity contribution in [3.05, 3.63) is 0 Å². The van der Waals surface area contributed by atoms with Crippen LogP contribution in [0.1, 0.15) is 52.4 Å². The molecule has 0 bridgehead atoms. The zero-order chi connectivity index (χ0) is 12.0. The van der Waals surface area contributed by atoms with Crippen LogP contribution in [0, 0.1) is 11.8 Å². The van der Waals surface area contributed by atoms with E-state index in [1.54, 1.807) is 0 Å². The summed E-state index contributed by atoms with van der Waals surface area (Å²) >= 11 is 0. The first-order valence-electron chi connectivity index (χ1n) is 6.51. The van der Waals surface area contributed by atoms with E-state index >= 15 is 0 Å². The molecule has 1 rings (SSSR count). The SMILES string of the molecule is CCCS(=O)(=O)NCCC1CCC(C)CC1. The van der Waals surface area contributed by atoms with E-state index in [2.05, 4.69) is 11.6 Å². The molecule has 4 heteroatoms. The predicted molar refractivity (Wildman–Crippen MR) is 67.8 cm³/mol. The third-order valence-corrected chi connectivity index (χ3v) is 5.07. The van der Waals surface area contributed by atoms with Crippen LogP contribution in [0.3, 0.4) is 0 Å². The van der Waals surface area contributed by atoms with E-state index in [1.165, 1.54) is 25.7 Å². The van der Waals surface area contributed by atoms with Crippen LogP contribution in [0.5, 0.6) is 0 Å². The molecule has 96 valence electrons. The molecule has 0 saturated heterocycles. The molecule has 1 saturated carbocycles. The summed E-state index contributed by atoms with van der Waals surface area (Å²) in [6.45, 7) is 4.82. The Balaban J connectivity index is 2.16. The third kappa shape index (κ3) is 5.30. The molecule has 0 aromatic carbocycles. The lowest BCUT2D eigenvalue weighted by Crippen LogP contribution is -2.28. The van der Waals surface area contributed by atoms with Crippen LogP contribution in [0.4, 0.5) is 0 Å². The number of nitrogens with one attached hydrogen (secondary N) is 1. The van der Waals surface area contributed by atoms with Gasteiger partial charge in [-0.2, -0.15) is 0 Å². The highest BCUT2D eigenvalue weighted by Gasteiger charge is 2.18. The standard InChI is InChI=1S/C12H25NO2S/c1-3-10-16(14,15)13-9-8-12-6-4-11(2)5-7-12/h11-13H,3-10H2,1-2H3. The van der Waals surface area contributed by atoms with Crippen molar-refractivity contribution in [1.82, 2.24) is 4.72 Å². The second-order valence-corrected chi connectivity index (χ2v) is 7.05. The second-order valence-electron chi connectivity index (χ2n) is 5.13. The van der Waals surface area contributed by atoms with Crippen molar-refractivity contribution in [1.29, 1.82) is 0 Å². The van der Waals surface area contributed by atoms with Gasteiger partial charge in [0.25, 0.3) is 0 Å². The Morgan fingerprint density at radius 1 is 1.19 bits per heavy atom. The highest BCUT2D eigenvalue weighted by molar-refractivity contribution is 7.89. The summed E-state index contributed by atoms with van der Waals surface area (Å²) in [7, 11) is -2.99. The van der Waals surface area contributed by atoms with Gasteiger partial charge in [-0.05, 0) is 24.7 Å². The van der Waals surface area contributed by atoms with Gasteiger partial charge in [0, 0.05) is 6.54 Å². The highest BCUT2D eigenvalue weighted by atomic mass is 32.2. The molecule has 0 heterocycles. The summed E-state index contributed by atoms with van der Waals surface area (Å²) < 4.78 is 25.5. The molecule has 1 fully saturated rings. The van der Waals surface area contributed by atoms with E-state index in [0.29, 0.717) is 13.0 Å². The Bertz CT molecular complexity index is 279. The zero-order valence-corrected chi connectivity index (χ0v) is 11.4. The lowest BCUT2D eigenvalue weighted by molar-refractivity contribution is 0.278. The summed E-state index contributed by atoms with van der Waals surface area (Å²) in [6, 6.07) is 0. The Morgan fingerprint density at radius 3 is 2.38 bits per heavy atom. The Morgan fingerprint density at radius 2 is 1.81 bits per heavy atom. The summed E-state index contributed by atoms with van der Waals surface area (Å²) in [5.74, 6) is 1.86. The van der Waals surface area contributed by atoms with E-state index < -0.39 is 10.0 Å². The van der Waals surface area contributed by atoms with Crippen LogP contribution in [0.15, 0.2) is 0 Å². The van der Waals surface area contributed by atoms with Crippen molar-refractivity contribution in [3.63, 3.8) is 0 Å². The van der Waals surface area contributed by atoms with Gasteiger partial charge < -0.3 is 0 Å². The fourth-order valence-corrected chi connectivity index (χ4v) is 3.49. The highest BCUT2D eigenvalue weighted by Crippen LogP contribution is 2.29. The molecule has 0 aromatic rings. The molecule has 0 spiro atoms. The lowest BCUT2D eigenvalue weighted by Gasteiger charge is -2.26. The minimum Gasteiger partial charge on any atom is -0.215 e. The van der Waals surface area contributed by atoms with Gasteiger partial charge in [0.15, 0.2) is 0 Å². The molecule has 16 heavy (non-hydrogen) atoms. The summed E-state index contributed by atoms with van der Waals surface area (Å²) in [5.41, 5.74) is 0. The van der Waals surface area contributed by atoms with Crippen molar-refractivity contribution in [3.8, 4) is 0 Å². The Kier molecular flexibility index (Phi) is 5.76. The molecule has 0 radical (unpaired) electrons. The van der Waals surface area contributed by atoms with Crippen molar-refractivity contribution in [2.75, 3.05) is 12.3 Å². The van der Waals surface area contributed by atoms with Gasteiger partial charge in [0.2, 0.25) is 10.0 Å². The molecule has 1 N–H and O–H groups in total. The van der Waals surface area contributed by atoms with Gasteiger partial charge in [-0.15, -0.1) is 0 Å². The van der Waals surface area contributed by atoms with Crippen LogP contribution in [-0.2, 0) is 10.0 Å². The summed E-state index contributed by atoms with van der Waals surface area (Å²) in [4.78, 5) is 0. The molecule has 0 unspecified atom stereocenters. The van der Waals surface area contributed by atoms with E-state index in [9.17, 15) is 8.42 Å². The van der Waals surface area contributed by atoms with Crippen LogP contribution < -0.4 is 4.72 Å². The molecule has 0 amide bonds. The minimum absolute atomic E-state index is 0.259. The number of hydrogen-bond acceptors (Lipinski definition) is 2. The number of rotatable bonds is 6. The van der Waals surface area contributed by atoms with E-state index in [4.69, 9.17) is 0 Å². The molecule has 0 aromatic heterocycles. The first-order valence-corrected chi connectivity index (χ1v) is 8.16. The maximum absolute atomic E-state index is 11.4. The molecule has 1 aliphatic rings. The minimum atomic E-state index is -2.99. The third-order valence-electron chi connectivity index (χ3n) is 3.48. The van der Waals surface area contributed by atoms with Gasteiger partial charge in [0.1, 0.15) is 0 Å². The molecule has 0 aliphatic heterocycles. The lowest BCUT2D eigenvalue weighted by atomic mass is 9.81. The van der Waals surface area contributed by atoms with E-state index in [1.807, 2.05) is 6.92 Å². The van der Waals surface area contributed by atoms with Gasteiger partial charge in [0.05, 0.1) is 5.75 Å². The van der Waals surface area contributed by atoms with Gasteiger partial charge in [-0.3, -0.25) is 0 Å². The normalized spacial score (nSPS) is 26.9. The van der Waals surface area contributed by atoms with Crippen LogP contribution in [0.2, 0.25) is 0 Å². The van der Waals surface area contributed by atoms with Crippen molar-refractivity contribution >= 4 is 10.0 Å². The molecular formula is C12H25NO2S. The first-order chi connectivity index (χ1) is 7.53. The summed E-state index contributed by atoms with van der Waals surface area (Å²) in [5, 5.41) is 0. The van der Waals surface area contributed by atoms with Crippen molar-refractivity contribution < 1.29 is 8.42 Å². The van der Waals surface area contributed by atoms with E-state index in [0.717, 1.165) is 18.3 Å². The second kappa shape index (κ2) is 6.60. The maximum atomic E-state index is 11.4. The van der Waals surface area contributed by atoms with E-state index in [-0.39, 0.29) is 5.75 Å². The molecule has 1 aliphatic carbocycles. The maximum Gasteiger partial charge on any atom is 0.211 e. The van der Waals surface area contributed by atoms with Gasteiger partial charge in [-0.1, -0.05) is 39.5 Å². The van der Waals surface area contributed by atoms with Gasteiger partial charge in [-0.25, -0.2) is 13.1 Å². The first kappa shape index (κ1) is 14.0. The topological polar surface area (TPSA) is 46.2 Å². The zero-order valence-electron chi connectivity index (χ0n) is 10.5. The van der Waals surface area contributed by atoms with Crippen LogP contribution in [0.25, 0.3) is 0 Å². The molecule has 0 atom stereocenters. The van der Waals surface area contributed by atoms with Crippen LogP contribution in [-0.4, -0.2) is 20.7 Å². The Labute approximate surface area is 100 Å². The fraction of sp³-hybridized carbons (Fsp3) is 1.00. The largest absolute Gasteiger partial charge is 0.215 e. The fourth-order valence-electron chi connectivity index (χ4n) is 2.38. The van der Waals surface area contributed by atoms with Crippen molar-refractivity contribution in [2.24, 2.45) is 11.8 Å². The van der Waals surface area contributed by atoms with Crippen LogP contribution >= 0.6 is 0 Å². The smallest absolute Gasteiger partial charge is 0.211 e. The summed E-state index contributed by atoms with van der Waals surface area (Å²) in [6.07, 6.45) is 6.87. The quantitative estimate of drug-likeness (QED) is 0.784.